The van der Waals surface area contributed by atoms with Crippen LogP contribution in [0, 0.1) is 0 Å². The number of carbonyl (C=O) groups excluding carboxylic acids is 1. The van der Waals surface area contributed by atoms with Gasteiger partial charge in [0.15, 0.2) is 0 Å². The lowest BCUT2D eigenvalue weighted by Gasteiger charge is -2.18. The van der Waals surface area contributed by atoms with E-state index in [1.807, 2.05) is 0 Å². The molecule has 254 valence electrons. The highest BCUT2D eigenvalue weighted by atomic mass is 16.5. The molecule has 0 aliphatic heterocycles. The smallest absolute Gasteiger partial charge is 0.306 e. The maximum absolute atomic E-state index is 12.5. The van der Waals surface area contributed by atoms with Crippen LogP contribution < -0.4 is 0 Å². The number of aliphatic carboxylic acids is 1. The molecule has 0 saturated heterocycles. The molecule has 0 heterocycles. The number of ether oxygens (including phenoxy) is 1. The number of carbonyl (C=O) groups is 2. The van der Waals surface area contributed by atoms with E-state index in [-0.39, 0.29) is 12.1 Å². The van der Waals surface area contributed by atoms with Gasteiger partial charge in [-0.05, 0) is 77.0 Å². The van der Waals surface area contributed by atoms with Crippen LogP contribution in [0.5, 0.6) is 0 Å². The standard InChI is InChI=1S/C40H70O4/c1-3-5-7-8-9-10-11-12-13-14-15-16-20-23-26-29-33-37-40(43)44-38(34-30-6-4-2)35-31-27-24-21-18-17-19-22-25-28-32-36-39(41)42/h9-10,12-13,15-16,23,26,38H,3-8,11,14,17-22,24-25,27-37H2,1-2H3,(H,41,42)/b10-9-,13-12-,16-15-,26-23-. The van der Waals surface area contributed by atoms with E-state index in [2.05, 4.69) is 62.5 Å². The quantitative estimate of drug-likeness (QED) is 0.0454. The van der Waals surface area contributed by atoms with E-state index in [0.29, 0.717) is 12.8 Å². The van der Waals surface area contributed by atoms with Gasteiger partial charge in [0.05, 0.1) is 0 Å². The summed E-state index contributed by atoms with van der Waals surface area (Å²) in [4.78, 5) is 23.0. The van der Waals surface area contributed by atoms with Crippen LogP contribution in [0.1, 0.15) is 187 Å². The molecule has 0 bridgehead atoms. The van der Waals surface area contributed by atoms with Gasteiger partial charge in [0.1, 0.15) is 6.10 Å². The fourth-order valence-electron chi connectivity index (χ4n) is 5.29. The van der Waals surface area contributed by atoms with Crippen LogP contribution in [0.25, 0.3) is 0 Å². The van der Waals surface area contributed by atoms with E-state index >= 15 is 0 Å². The van der Waals surface area contributed by atoms with E-state index < -0.39 is 5.97 Å². The van der Waals surface area contributed by atoms with Crippen molar-refractivity contribution in [1.82, 2.24) is 0 Å². The second kappa shape index (κ2) is 35.4. The molecule has 4 heteroatoms. The van der Waals surface area contributed by atoms with Crippen molar-refractivity contribution in [2.75, 3.05) is 0 Å². The summed E-state index contributed by atoms with van der Waals surface area (Å²) in [5.41, 5.74) is 0. The Kier molecular flexibility index (Phi) is 33.7. The Hall–Kier alpha value is -2.10. The second-order valence-electron chi connectivity index (χ2n) is 12.4. The first kappa shape index (κ1) is 41.9. The molecule has 0 aromatic carbocycles. The molecule has 0 aromatic heterocycles. The number of allylic oxidation sites excluding steroid dienone is 8. The van der Waals surface area contributed by atoms with Crippen LogP contribution in [-0.2, 0) is 14.3 Å². The molecule has 0 amide bonds. The summed E-state index contributed by atoms with van der Waals surface area (Å²) >= 11 is 0. The monoisotopic (exact) mass is 615 g/mol. The van der Waals surface area contributed by atoms with Gasteiger partial charge in [-0.3, -0.25) is 9.59 Å². The molecule has 0 aliphatic carbocycles. The van der Waals surface area contributed by atoms with Crippen LogP contribution in [0.4, 0.5) is 0 Å². The molecular formula is C40H70O4. The van der Waals surface area contributed by atoms with Crippen molar-refractivity contribution in [1.29, 1.82) is 0 Å². The van der Waals surface area contributed by atoms with Gasteiger partial charge >= 0.3 is 11.9 Å². The third kappa shape index (κ3) is 34.4. The molecule has 0 aromatic rings. The van der Waals surface area contributed by atoms with Crippen LogP contribution >= 0.6 is 0 Å². The first-order chi connectivity index (χ1) is 21.6. The first-order valence-electron chi connectivity index (χ1n) is 18.6. The molecule has 44 heavy (non-hydrogen) atoms. The van der Waals surface area contributed by atoms with E-state index in [9.17, 15) is 9.59 Å². The number of rotatable bonds is 33. The molecule has 0 radical (unpaired) electrons. The van der Waals surface area contributed by atoms with Crippen molar-refractivity contribution in [3.63, 3.8) is 0 Å². The summed E-state index contributed by atoms with van der Waals surface area (Å²) in [5.74, 6) is -0.699. The summed E-state index contributed by atoms with van der Waals surface area (Å²) in [6, 6.07) is 0. The Labute approximate surface area is 272 Å². The lowest BCUT2D eigenvalue weighted by Crippen LogP contribution is -2.18. The summed E-state index contributed by atoms with van der Waals surface area (Å²) in [5, 5.41) is 8.68. The topological polar surface area (TPSA) is 63.6 Å². The zero-order valence-corrected chi connectivity index (χ0v) is 29.0. The zero-order valence-electron chi connectivity index (χ0n) is 29.0. The lowest BCUT2D eigenvalue weighted by molar-refractivity contribution is -0.150. The van der Waals surface area contributed by atoms with Crippen molar-refractivity contribution < 1.29 is 19.4 Å². The highest BCUT2D eigenvalue weighted by molar-refractivity contribution is 5.69. The number of hydrogen-bond donors (Lipinski definition) is 1. The average Bonchev–Trinajstić information content (AvgIpc) is 3.00. The van der Waals surface area contributed by atoms with E-state index in [4.69, 9.17) is 9.84 Å². The van der Waals surface area contributed by atoms with Gasteiger partial charge in [-0.15, -0.1) is 0 Å². The highest BCUT2D eigenvalue weighted by Gasteiger charge is 2.14. The van der Waals surface area contributed by atoms with Gasteiger partial charge < -0.3 is 9.84 Å². The van der Waals surface area contributed by atoms with Crippen molar-refractivity contribution in [2.45, 2.75) is 193 Å². The molecule has 0 saturated carbocycles. The molecule has 1 unspecified atom stereocenters. The number of esters is 1. The fraction of sp³-hybridized carbons (Fsp3) is 0.750. The van der Waals surface area contributed by atoms with E-state index in [0.717, 1.165) is 77.0 Å². The average molecular weight is 615 g/mol. The SMILES string of the molecule is CCCCC/C=C\C/C=C\C/C=C\C/C=C\CCCC(=O)OC(CCCCC)CCCCCCCCCCCCCC(=O)O. The Morgan fingerprint density at radius 2 is 0.909 bits per heavy atom. The molecular weight excluding hydrogens is 544 g/mol. The number of carboxylic acids is 1. The minimum Gasteiger partial charge on any atom is -0.481 e. The maximum Gasteiger partial charge on any atom is 0.306 e. The number of carboxylic acid groups (broad SMARTS) is 1. The van der Waals surface area contributed by atoms with Gasteiger partial charge in [-0.2, -0.15) is 0 Å². The van der Waals surface area contributed by atoms with Gasteiger partial charge in [0.2, 0.25) is 0 Å². The van der Waals surface area contributed by atoms with E-state index in [1.165, 1.54) is 83.5 Å². The van der Waals surface area contributed by atoms with Crippen molar-refractivity contribution in [3.8, 4) is 0 Å². The third-order valence-electron chi connectivity index (χ3n) is 8.05. The predicted octanol–water partition coefficient (Wildman–Crippen LogP) is 12.8. The van der Waals surface area contributed by atoms with Gasteiger partial charge in [0, 0.05) is 12.8 Å². The summed E-state index contributed by atoms with van der Waals surface area (Å²) in [7, 11) is 0. The molecule has 0 spiro atoms. The normalized spacial score (nSPS) is 12.8. The zero-order chi connectivity index (χ0) is 32.2. The Bertz CT molecular complexity index is 748. The highest BCUT2D eigenvalue weighted by Crippen LogP contribution is 2.18. The van der Waals surface area contributed by atoms with Crippen LogP contribution in [0.15, 0.2) is 48.6 Å². The van der Waals surface area contributed by atoms with Crippen LogP contribution in [0.3, 0.4) is 0 Å². The molecule has 0 rings (SSSR count). The summed E-state index contributed by atoms with van der Waals surface area (Å²) in [6.45, 7) is 4.46. The van der Waals surface area contributed by atoms with Gasteiger partial charge in [-0.1, -0.05) is 146 Å². The van der Waals surface area contributed by atoms with Gasteiger partial charge in [0.25, 0.3) is 0 Å². The molecule has 1 atom stereocenters. The summed E-state index contributed by atoms with van der Waals surface area (Å²) in [6.07, 6.45) is 47.3. The van der Waals surface area contributed by atoms with Crippen molar-refractivity contribution in [3.05, 3.63) is 48.6 Å². The number of unbranched alkanes of at least 4 members (excludes halogenated alkanes) is 16. The van der Waals surface area contributed by atoms with Crippen LogP contribution in [0.2, 0.25) is 0 Å². The maximum atomic E-state index is 12.5. The Morgan fingerprint density at radius 1 is 0.500 bits per heavy atom. The Morgan fingerprint density at radius 3 is 1.41 bits per heavy atom. The predicted molar refractivity (Wildman–Crippen MR) is 190 cm³/mol. The largest absolute Gasteiger partial charge is 0.481 e. The minimum absolute atomic E-state index is 0.0228. The fourth-order valence-corrected chi connectivity index (χ4v) is 5.29. The van der Waals surface area contributed by atoms with Crippen LogP contribution in [-0.4, -0.2) is 23.1 Å². The lowest BCUT2D eigenvalue weighted by atomic mass is 10.0. The second-order valence-corrected chi connectivity index (χ2v) is 12.4. The summed E-state index contributed by atoms with van der Waals surface area (Å²) < 4.78 is 5.92. The first-order valence-corrected chi connectivity index (χ1v) is 18.6. The number of hydrogen-bond acceptors (Lipinski definition) is 3. The van der Waals surface area contributed by atoms with Crippen molar-refractivity contribution in [2.24, 2.45) is 0 Å². The molecule has 0 fully saturated rings. The van der Waals surface area contributed by atoms with Crippen molar-refractivity contribution >= 4 is 11.9 Å². The molecule has 0 aliphatic rings. The molecule has 1 N–H and O–H groups in total. The third-order valence-corrected chi connectivity index (χ3v) is 8.05. The molecule has 4 nitrogen and oxygen atoms in total. The van der Waals surface area contributed by atoms with E-state index in [1.54, 1.807) is 0 Å². The Balaban J connectivity index is 3.88. The van der Waals surface area contributed by atoms with Gasteiger partial charge in [-0.25, -0.2) is 0 Å². The minimum atomic E-state index is -0.676.